The first-order valence-corrected chi connectivity index (χ1v) is 8.79. The normalized spacial score (nSPS) is 18.6. The third kappa shape index (κ3) is 2.93. The largest absolute Gasteiger partial charge is 0.454 e. The van der Waals surface area contributed by atoms with E-state index >= 15 is 0 Å². The summed E-state index contributed by atoms with van der Waals surface area (Å²) < 4.78 is 10.7. The van der Waals surface area contributed by atoms with Crippen LogP contribution in [0.1, 0.15) is 39.0 Å². The van der Waals surface area contributed by atoms with E-state index in [4.69, 9.17) is 9.47 Å². The van der Waals surface area contributed by atoms with Crippen LogP contribution in [0.3, 0.4) is 0 Å². The molecule has 1 atom stereocenters. The van der Waals surface area contributed by atoms with Crippen molar-refractivity contribution in [3.05, 3.63) is 45.1 Å². The predicted octanol–water partition coefficient (Wildman–Crippen LogP) is 3.53. The van der Waals surface area contributed by atoms with Crippen molar-refractivity contribution in [3.63, 3.8) is 0 Å². The summed E-state index contributed by atoms with van der Waals surface area (Å²) in [6.07, 6.45) is 3.43. The summed E-state index contributed by atoms with van der Waals surface area (Å²) in [4.78, 5) is 14.6. The number of aryl methyl sites for hydroxylation is 1. The minimum absolute atomic E-state index is 0.00900. The van der Waals surface area contributed by atoms with Crippen molar-refractivity contribution in [2.75, 3.05) is 6.79 Å². The van der Waals surface area contributed by atoms with Gasteiger partial charge in [0.1, 0.15) is 0 Å². The van der Waals surface area contributed by atoms with Crippen LogP contribution in [-0.4, -0.2) is 12.7 Å². The number of hydrogen-bond acceptors (Lipinski definition) is 4. The van der Waals surface area contributed by atoms with Crippen LogP contribution in [0.25, 0.3) is 0 Å². The van der Waals surface area contributed by atoms with Crippen molar-refractivity contribution >= 4 is 17.2 Å². The van der Waals surface area contributed by atoms with Gasteiger partial charge in [0.2, 0.25) is 6.79 Å². The number of hydrogen-bond donors (Lipinski definition) is 1. The van der Waals surface area contributed by atoms with Gasteiger partial charge in [-0.3, -0.25) is 4.79 Å². The zero-order chi connectivity index (χ0) is 15.8. The van der Waals surface area contributed by atoms with Gasteiger partial charge in [-0.05, 0) is 54.5 Å². The molecule has 1 aromatic heterocycles. The molecule has 1 aliphatic carbocycles. The lowest BCUT2D eigenvalue weighted by atomic mass is 9.90. The molecule has 5 heteroatoms. The molecular formula is C18H19NO3S. The Labute approximate surface area is 139 Å². The maximum absolute atomic E-state index is 12.4. The molecule has 0 fully saturated rings. The predicted molar refractivity (Wildman–Crippen MR) is 89.2 cm³/mol. The average Bonchev–Trinajstić information content (AvgIpc) is 3.17. The minimum Gasteiger partial charge on any atom is -0.454 e. The summed E-state index contributed by atoms with van der Waals surface area (Å²) in [6, 6.07) is 7.83. The van der Waals surface area contributed by atoms with E-state index in [0.717, 1.165) is 40.7 Å². The Kier molecular flexibility index (Phi) is 3.73. The van der Waals surface area contributed by atoms with E-state index < -0.39 is 0 Å². The van der Waals surface area contributed by atoms with Gasteiger partial charge in [0.05, 0.1) is 4.88 Å². The van der Waals surface area contributed by atoms with Gasteiger partial charge in [0, 0.05) is 11.4 Å². The number of carbonyl (C=O) groups excluding carboxylic acids is 1. The highest BCUT2D eigenvalue weighted by Gasteiger charge is 2.20. The standard InChI is InChI=1S/C18H19NO3S/c1-11-2-5-16-13(6-11)8-17(23-16)18(20)19-9-12-3-4-14-15(7-12)22-10-21-14/h3-4,7-8,11H,2,5-6,9-10H2,1H3,(H,19,20)/t11-/m1/s1. The summed E-state index contributed by atoms with van der Waals surface area (Å²) in [6.45, 7) is 3.04. The number of nitrogens with one attached hydrogen (secondary N) is 1. The molecule has 2 heterocycles. The Morgan fingerprint density at radius 1 is 1.30 bits per heavy atom. The van der Waals surface area contributed by atoms with Gasteiger partial charge in [-0.1, -0.05) is 13.0 Å². The van der Waals surface area contributed by atoms with Crippen LogP contribution < -0.4 is 14.8 Å². The van der Waals surface area contributed by atoms with Crippen LogP contribution in [0.2, 0.25) is 0 Å². The van der Waals surface area contributed by atoms with Crippen LogP contribution in [0.5, 0.6) is 11.5 Å². The van der Waals surface area contributed by atoms with E-state index in [1.807, 2.05) is 18.2 Å². The van der Waals surface area contributed by atoms with E-state index in [2.05, 4.69) is 18.3 Å². The number of benzene rings is 1. The van der Waals surface area contributed by atoms with E-state index in [0.29, 0.717) is 6.54 Å². The van der Waals surface area contributed by atoms with Crippen LogP contribution in [0.15, 0.2) is 24.3 Å². The number of fused-ring (bicyclic) bond motifs is 2. The van der Waals surface area contributed by atoms with E-state index in [-0.39, 0.29) is 12.7 Å². The number of amides is 1. The summed E-state index contributed by atoms with van der Waals surface area (Å²) in [5.74, 6) is 2.24. The molecule has 0 unspecified atom stereocenters. The molecule has 1 amide bonds. The first kappa shape index (κ1) is 14.6. The minimum atomic E-state index is 0.00900. The number of carbonyl (C=O) groups is 1. The Morgan fingerprint density at radius 2 is 2.17 bits per heavy atom. The van der Waals surface area contributed by atoms with Crippen LogP contribution >= 0.6 is 11.3 Å². The van der Waals surface area contributed by atoms with Crippen LogP contribution in [0, 0.1) is 5.92 Å². The average molecular weight is 329 g/mol. The zero-order valence-electron chi connectivity index (χ0n) is 13.1. The second-order valence-electron chi connectivity index (χ2n) is 6.28. The molecule has 120 valence electrons. The monoisotopic (exact) mass is 329 g/mol. The molecule has 0 spiro atoms. The highest BCUT2D eigenvalue weighted by atomic mass is 32.1. The first-order chi connectivity index (χ1) is 11.2. The quantitative estimate of drug-likeness (QED) is 0.937. The zero-order valence-corrected chi connectivity index (χ0v) is 13.9. The molecule has 2 aromatic rings. The Hall–Kier alpha value is -2.01. The van der Waals surface area contributed by atoms with E-state index in [1.165, 1.54) is 16.9 Å². The van der Waals surface area contributed by atoms with Crippen LogP contribution in [-0.2, 0) is 19.4 Å². The summed E-state index contributed by atoms with van der Waals surface area (Å²) in [5.41, 5.74) is 2.37. The van der Waals surface area contributed by atoms with Gasteiger partial charge >= 0.3 is 0 Å². The van der Waals surface area contributed by atoms with Crippen LogP contribution in [0.4, 0.5) is 0 Å². The molecule has 0 saturated heterocycles. The van der Waals surface area contributed by atoms with Crippen molar-refractivity contribution in [1.82, 2.24) is 5.32 Å². The van der Waals surface area contributed by atoms with Crippen molar-refractivity contribution in [2.45, 2.75) is 32.7 Å². The summed E-state index contributed by atoms with van der Waals surface area (Å²) in [7, 11) is 0. The molecule has 23 heavy (non-hydrogen) atoms. The lowest BCUT2D eigenvalue weighted by molar-refractivity contribution is 0.0955. The van der Waals surface area contributed by atoms with Crippen molar-refractivity contribution < 1.29 is 14.3 Å². The number of ether oxygens (including phenoxy) is 2. The SMILES string of the molecule is C[C@@H]1CCc2sc(C(=O)NCc3ccc4c(c3)OCO4)cc2C1. The molecule has 4 rings (SSSR count). The maximum atomic E-state index is 12.4. The molecule has 1 N–H and O–H groups in total. The van der Waals surface area contributed by atoms with Gasteiger partial charge in [-0.25, -0.2) is 0 Å². The van der Waals surface area contributed by atoms with E-state index in [1.54, 1.807) is 11.3 Å². The lowest BCUT2D eigenvalue weighted by Crippen LogP contribution is -2.21. The Morgan fingerprint density at radius 3 is 3.09 bits per heavy atom. The molecule has 2 aliphatic rings. The van der Waals surface area contributed by atoms with Crippen molar-refractivity contribution in [1.29, 1.82) is 0 Å². The van der Waals surface area contributed by atoms with Crippen molar-refractivity contribution in [2.24, 2.45) is 5.92 Å². The fraction of sp³-hybridized carbons (Fsp3) is 0.389. The second kappa shape index (κ2) is 5.89. The third-order valence-corrected chi connectivity index (χ3v) is 5.68. The summed E-state index contributed by atoms with van der Waals surface area (Å²) in [5, 5.41) is 3.00. The third-order valence-electron chi connectivity index (χ3n) is 4.44. The maximum Gasteiger partial charge on any atom is 0.261 e. The van der Waals surface area contributed by atoms with Crippen molar-refractivity contribution in [3.8, 4) is 11.5 Å². The molecule has 1 aliphatic heterocycles. The Balaban J connectivity index is 1.42. The molecule has 0 saturated carbocycles. The van der Waals surface area contributed by atoms with E-state index in [9.17, 15) is 4.79 Å². The fourth-order valence-electron chi connectivity index (χ4n) is 3.14. The smallest absolute Gasteiger partial charge is 0.261 e. The first-order valence-electron chi connectivity index (χ1n) is 7.97. The lowest BCUT2D eigenvalue weighted by Gasteiger charge is -2.16. The second-order valence-corrected chi connectivity index (χ2v) is 7.41. The van der Waals surface area contributed by atoms with Gasteiger partial charge < -0.3 is 14.8 Å². The molecule has 1 aromatic carbocycles. The highest BCUT2D eigenvalue weighted by Crippen LogP contribution is 2.33. The fourth-order valence-corrected chi connectivity index (χ4v) is 4.26. The molecule has 4 nitrogen and oxygen atoms in total. The van der Waals surface area contributed by atoms with Gasteiger partial charge in [-0.15, -0.1) is 11.3 Å². The number of thiophene rings is 1. The summed E-state index contributed by atoms with van der Waals surface area (Å²) >= 11 is 1.64. The van der Waals surface area contributed by atoms with Gasteiger partial charge in [0.15, 0.2) is 11.5 Å². The highest BCUT2D eigenvalue weighted by molar-refractivity contribution is 7.14. The topological polar surface area (TPSA) is 47.6 Å². The Bertz CT molecular complexity index is 753. The molecule has 0 radical (unpaired) electrons. The number of rotatable bonds is 3. The van der Waals surface area contributed by atoms with Gasteiger partial charge in [-0.2, -0.15) is 0 Å². The molecular weight excluding hydrogens is 310 g/mol. The molecule has 0 bridgehead atoms. The van der Waals surface area contributed by atoms with Gasteiger partial charge in [0.25, 0.3) is 5.91 Å².